The summed E-state index contributed by atoms with van der Waals surface area (Å²) in [6, 6.07) is 8.12. The Bertz CT molecular complexity index is 574. The number of nitrogens with zero attached hydrogens (tertiary/aromatic N) is 2. The van der Waals surface area contributed by atoms with E-state index in [2.05, 4.69) is 15.5 Å². The first-order valence-electron chi connectivity index (χ1n) is 7.54. The third-order valence-electron chi connectivity index (χ3n) is 3.88. The van der Waals surface area contributed by atoms with Gasteiger partial charge < -0.3 is 14.6 Å². The molecule has 2 aromatic rings. The van der Waals surface area contributed by atoms with Crippen molar-refractivity contribution in [3.8, 4) is 5.75 Å². The quantitative estimate of drug-likeness (QED) is 0.937. The molecule has 112 valence electrons. The Kier molecular flexibility index (Phi) is 4.50. The molecule has 1 atom stereocenters. The number of rotatable bonds is 4. The third-order valence-corrected chi connectivity index (χ3v) is 3.88. The fourth-order valence-corrected chi connectivity index (χ4v) is 2.74. The van der Waals surface area contributed by atoms with Crippen LogP contribution in [0.1, 0.15) is 49.0 Å². The standard InChI is InChI=1S/C16H21N3O2/c1-20-14-9-5-4-7-12(14)11-15-18-16(21-19-15)13-8-3-2-6-10-17-13/h4-5,7,9,13,17H,2-3,6,8,10-11H2,1H3. The molecule has 1 N–H and O–H groups in total. The van der Waals surface area contributed by atoms with E-state index in [0.29, 0.717) is 18.1 Å². The topological polar surface area (TPSA) is 60.2 Å². The maximum absolute atomic E-state index is 5.44. The Morgan fingerprint density at radius 3 is 3.10 bits per heavy atom. The summed E-state index contributed by atoms with van der Waals surface area (Å²) in [6.07, 6.45) is 5.39. The van der Waals surface area contributed by atoms with Gasteiger partial charge in [0.2, 0.25) is 5.89 Å². The van der Waals surface area contributed by atoms with Gasteiger partial charge in [0, 0.05) is 12.0 Å². The number of ether oxygens (including phenoxy) is 1. The summed E-state index contributed by atoms with van der Waals surface area (Å²) in [5, 5.41) is 7.59. The van der Waals surface area contributed by atoms with E-state index in [4.69, 9.17) is 9.26 Å². The second kappa shape index (κ2) is 6.72. The van der Waals surface area contributed by atoms with E-state index in [1.807, 2.05) is 24.3 Å². The lowest BCUT2D eigenvalue weighted by atomic mass is 10.1. The molecule has 5 heteroatoms. The molecule has 1 aromatic heterocycles. The smallest absolute Gasteiger partial charge is 0.243 e. The van der Waals surface area contributed by atoms with Crippen molar-refractivity contribution in [2.45, 2.75) is 38.1 Å². The Morgan fingerprint density at radius 1 is 1.29 bits per heavy atom. The third kappa shape index (κ3) is 3.42. The predicted molar refractivity (Wildman–Crippen MR) is 79.3 cm³/mol. The number of benzene rings is 1. The molecule has 1 aliphatic rings. The van der Waals surface area contributed by atoms with Crippen LogP contribution in [0.5, 0.6) is 5.75 Å². The number of hydrogen-bond donors (Lipinski definition) is 1. The van der Waals surface area contributed by atoms with Gasteiger partial charge in [0.1, 0.15) is 5.75 Å². The van der Waals surface area contributed by atoms with Gasteiger partial charge >= 0.3 is 0 Å². The zero-order chi connectivity index (χ0) is 14.5. The molecular formula is C16H21N3O2. The van der Waals surface area contributed by atoms with E-state index in [1.54, 1.807) is 7.11 Å². The van der Waals surface area contributed by atoms with Gasteiger partial charge in [-0.25, -0.2) is 0 Å². The van der Waals surface area contributed by atoms with E-state index in [1.165, 1.54) is 19.3 Å². The largest absolute Gasteiger partial charge is 0.496 e. The molecule has 0 aliphatic carbocycles. The highest BCUT2D eigenvalue weighted by atomic mass is 16.5. The van der Waals surface area contributed by atoms with Crippen LogP contribution in [0, 0.1) is 0 Å². The van der Waals surface area contributed by atoms with E-state index >= 15 is 0 Å². The molecular weight excluding hydrogens is 266 g/mol. The Balaban J connectivity index is 1.72. The summed E-state index contributed by atoms with van der Waals surface area (Å²) >= 11 is 0. The minimum absolute atomic E-state index is 0.200. The lowest BCUT2D eigenvalue weighted by Gasteiger charge is -2.09. The van der Waals surface area contributed by atoms with Crippen molar-refractivity contribution in [1.82, 2.24) is 15.5 Å². The van der Waals surface area contributed by atoms with Gasteiger partial charge in [-0.1, -0.05) is 36.2 Å². The summed E-state index contributed by atoms with van der Waals surface area (Å²) in [5.74, 6) is 2.28. The molecule has 1 aromatic carbocycles. The average molecular weight is 287 g/mol. The SMILES string of the molecule is COc1ccccc1Cc1noc(C2CCCCCN2)n1. The van der Waals surface area contributed by atoms with Gasteiger partial charge in [0.25, 0.3) is 0 Å². The van der Waals surface area contributed by atoms with E-state index < -0.39 is 0 Å². The summed E-state index contributed by atoms with van der Waals surface area (Å²) < 4.78 is 10.8. The van der Waals surface area contributed by atoms with E-state index in [-0.39, 0.29) is 6.04 Å². The summed E-state index contributed by atoms with van der Waals surface area (Å²) in [4.78, 5) is 4.55. The molecule has 0 radical (unpaired) electrons. The van der Waals surface area contributed by atoms with Crippen LogP contribution in [-0.2, 0) is 6.42 Å². The molecule has 1 saturated heterocycles. The molecule has 0 spiro atoms. The minimum Gasteiger partial charge on any atom is -0.496 e. The Morgan fingerprint density at radius 2 is 2.19 bits per heavy atom. The molecule has 5 nitrogen and oxygen atoms in total. The molecule has 1 aliphatic heterocycles. The van der Waals surface area contributed by atoms with Gasteiger partial charge in [-0.05, 0) is 25.5 Å². The predicted octanol–water partition coefficient (Wildman–Crippen LogP) is 2.87. The molecule has 0 amide bonds. The van der Waals surface area contributed by atoms with Crippen molar-refractivity contribution < 1.29 is 9.26 Å². The van der Waals surface area contributed by atoms with Crippen molar-refractivity contribution >= 4 is 0 Å². The van der Waals surface area contributed by atoms with Crippen molar-refractivity contribution in [2.24, 2.45) is 0 Å². The highest BCUT2D eigenvalue weighted by molar-refractivity contribution is 5.35. The number of aromatic nitrogens is 2. The van der Waals surface area contributed by atoms with Crippen LogP contribution >= 0.6 is 0 Å². The zero-order valence-electron chi connectivity index (χ0n) is 12.3. The number of para-hydroxylation sites is 1. The first-order chi connectivity index (χ1) is 10.4. The first-order valence-corrected chi connectivity index (χ1v) is 7.54. The van der Waals surface area contributed by atoms with Gasteiger partial charge in [-0.2, -0.15) is 4.98 Å². The van der Waals surface area contributed by atoms with Gasteiger partial charge in [0.05, 0.1) is 13.2 Å². The fraction of sp³-hybridized carbons (Fsp3) is 0.500. The van der Waals surface area contributed by atoms with Crippen LogP contribution in [0.4, 0.5) is 0 Å². The summed E-state index contributed by atoms with van der Waals surface area (Å²) in [7, 11) is 1.68. The average Bonchev–Trinajstić information content (AvgIpc) is 2.81. The molecule has 21 heavy (non-hydrogen) atoms. The highest BCUT2D eigenvalue weighted by Crippen LogP contribution is 2.23. The van der Waals surface area contributed by atoms with Crippen LogP contribution in [0.25, 0.3) is 0 Å². The number of hydrogen-bond acceptors (Lipinski definition) is 5. The maximum Gasteiger partial charge on any atom is 0.243 e. The molecule has 3 rings (SSSR count). The number of methoxy groups -OCH3 is 1. The Hall–Kier alpha value is -1.88. The van der Waals surface area contributed by atoms with Gasteiger partial charge in [-0.15, -0.1) is 0 Å². The van der Waals surface area contributed by atoms with Crippen LogP contribution in [0.3, 0.4) is 0 Å². The Labute approximate surface area is 124 Å². The van der Waals surface area contributed by atoms with Crippen LogP contribution in [0.15, 0.2) is 28.8 Å². The lowest BCUT2D eigenvalue weighted by Crippen LogP contribution is -2.20. The van der Waals surface area contributed by atoms with E-state index in [0.717, 1.165) is 24.3 Å². The summed E-state index contributed by atoms with van der Waals surface area (Å²) in [5.41, 5.74) is 1.07. The lowest BCUT2D eigenvalue weighted by molar-refractivity contribution is 0.325. The normalized spacial score (nSPS) is 19.2. The van der Waals surface area contributed by atoms with Gasteiger partial charge in [-0.3, -0.25) is 0 Å². The minimum atomic E-state index is 0.200. The maximum atomic E-state index is 5.44. The van der Waals surface area contributed by atoms with Crippen molar-refractivity contribution in [3.05, 3.63) is 41.5 Å². The molecule has 0 bridgehead atoms. The number of nitrogens with one attached hydrogen (secondary N) is 1. The highest BCUT2D eigenvalue weighted by Gasteiger charge is 2.20. The molecule has 1 fully saturated rings. The van der Waals surface area contributed by atoms with Crippen LogP contribution in [-0.4, -0.2) is 23.8 Å². The monoisotopic (exact) mass is 287 g/mol. The van der Waals surface area contributed by atoms with Crippen molar-refractivity contribution in [2.75, 3.05) is 13.7 Å². The second-order valence-corrected chi connectivity index (χ2v) is 5.39. The molecule has 0 saturated carbocycles. The fourth-order valence-electron chi connectivity index (χ4n) is 2.74. The molecule has 1 unspecified atom stereocenters. The first kappa shape index (κ1) is 14.1. The van der Waals surface area contributed by atoms with Crippen molar-refractivity contribution in [1.29, 1.82) is 0 Å². The van der Waals surface area contributed by atoms with Crippen molar-refractivity contribution in [3.63, 3.8) is 0 Å². The zero-order valence-corrected chi connectivity index (χ0v) is 12.3. The van der Waals surface area contributed by atoms with Crippen LogP contribution < -0.4 is 10.1 Å². The second-order valence-electron chi connectivity index (χ2n) is 5.39. The van der Waals surface area contributed by atoms with E-state index in [9.17, 15) is 0 Å². The molecule has 2 heterocycles. The summed E-state index contributed by atoms with van der Waals surface area (Å²) in [6.45, 7) is 1.02. The van der Waals surface area contributed by atoms with Crippen LogP contribution in [0.2, 0.25) is 0 Å². The van der Waals surface area contributed by atoms with Gasteiger partial charge in [0.15, 0.2) is 5.82 Å².